The third-order valence-corrected chi connectivity index (χ3v) is 5.04. The molecule has 0 amide bonds. The molecule has 2 aromatic rings. The van der Waals surface area contributed by atoms with E-state index >= 15 is 0 Å². The van der Waals surface area contributed by atoms with Crippen molar-refractivity contribution in [1.29, 1.82) is 0 Å². The molecular formula is C18H25N5O. The Kier molecular flexibility index (Phi) is 4.87. The summed E-state index contributed by atoms with van der Waals surface area (Å²) in [4.78, 5) is 2.55. The first-order valence-corrected chi connectivity index (χ1v) is 8.84. The quantitative estimate of drug-likeness (QED) is 0.901. The lowest BCUT2D eigenvalue weighted by Crippen LogP contribution is -2.51. The molecule has 3 atom stereocenters. The molecule has 0 bridgehead atoms. The number of rotatable bonds is 5. The molecule has 128 valence electrons. The van der Waals surface area contributed by atoms with E-state index in [-0.39, 0.29) is 6.04 Å². The predicted molar refractivity (Wildman–Crippen MR) is 91.5 cm³/mol. The molecule has 1 aromatic heterocycles. The van der Waals surface area contributed by atoms with Crippen LogP contribution in [0.25, 0.3) is 0 Å². The summed E-state index contributed by atoms with van der Waals surface area (Å²) in [5, 5.41) is 11.9. The average Bonchev–Trinajstić information content (AvgIpc) is 3.27. The Balaban J connectivity index is 1.34. The maximum atomic E-state index is 5.69. The van der Waals surface area contributed by atoms with Gasteiger partial charge in [-0.15, -0.1) is 5.10 Å². The van der Waals surface area contributed by atoms with E-state index in [2.05, 4.69) is 50.9 Å². The zero-order valence-corrected chi connectivity index (χ0v) is 13.9. The molecule has 3 heterocycles. The molecule has 2 aliphatic rings. The lowest BCUT2D eigenvalue weighted by atomic mass is 10.0. The van der Waals surface area contributed by atoms with Crippen LogP contribution in [0, 0.1) is 0 Å². The zero-order valence-electron chi connectivity index (χ0n) is 13.9. The SMILES string of the molecule is c1ccc(CN2CCCC(N[C@H]3COC[C@H]3n3ccnn3)C2)cc1. The highest BCUT2D eigenvalue weighted by Crippen LogP contribution is 2.21. The van der Waals surface area contributed by atoms with Crippen LogP contribution in [-0.2, 0) is 11.3 Å². The Labute approximate surface area is 142 Å². The van der Waals surface area contributed by atoms with Crippen LogP contribution < -0.4 is 5.32 Å². The van der Waals surface area contributed by atoms with Crippen LogP contribution in [0.15, 0.2) is 42.7 Å². The highest BCUT2D eigenvalue weighted by atomic mass is 16.5. The number of aromatic nitrogens is 3. The highest BCUT2D eigenvalue weighted by Gasteiger charge is 2.33. The van der Waals surface area contributed by atoms with Crippen LogP contribution in [0.5, 0.6) is 0 Å². The van der Waals surface area contributed by atoms with E-state index in [0.717, 1.165) is 19.7 Å². The standard InChI is InChI=1S/C18H25N5O/c1-2-5-15(6-3-1)11-22-9-4-7-16(12-22)20-17-13-24-14-18(17)23-10-8-19-21-23/h1-3,5-6,8,10,16-18,20H,4,7,9,11-14H2/t16?,17-,18+/m0/s1. The summed E-state index contributed by atoms with van der Waals surface area (Å²) >= 11 is 0. The molecule has 6 heteroatoms. The first-order chi connectivity index (χ1) is 11.9. The Morgan fingerprint density at radius 2 is 2.12 bits per heavy atom. The number of benzene rings is 1. The van der Waals surface area contributed by atoms with Crippen LogP contribution in [0.3, 0.4) is 0 Å². The van der Waals surface area contributed by atoms with Crippen LogP contribution >= 0.6 is 0 Å². The van der Waals surface area contributed by atoms with E-state index < -0.39 is 0 Å². The lowest BCUT2D eigenvalue weighted by Gasteiger charge is -2.35. The smallest absolute Gasteiger partial charge is 0.0945 e. The number of piperidine rings is 1. The van der Waals surface area contributed by atoms with Crippen molar-refractivity contribution in [1.82, 2.24) is 25.2 Å². The van der Waals surface area contributed by atoms with Gasteiger partial charge in [0.05, 0.1) is 31.5 Å². The topological polar surface area (TPSA) is 55.2 Å². The molecule has 24 heavy (non-hydrogen) atoms. The minimum atomic E-state index is 0.247. The second-order valence-corrected chi connectivity index (χ2v) is 6.82. The number of nitrogens with one attached hydrogen (secondary N) is 1. The second kappa shape index (κ2) is 7.42. The minimum absolute atomic E-state index is 0.247. The van der Waals surface area contributed by atoms with Crippen molar-refractivity contribution in [2.45, 2.75) is 37.5 Å². The van der Waals surface area contributed by atoms with Gasteiger partial charge in [0.1, 0.15) is 0 Å². The monoisotopic (exact) mass is 327 g/mol. The largest absolute Gasteiger partial charge is 0.377 e. The number of ether oxygens (including phenoxy) is 1. The zero-order chi connectivity index (χ0) is 16.2. The first-order valence-electron chi connectivity index (χ1n) is 8.84. The molecule has 2 aliphatic heterocycles. The minimum Gasteiger partial charge on any atom is -0.377 e. The van der Waals surface area contributed by atoms with E-state index in [1.54, 1.807) is 6.20 Å². The van der Waals surface area contributed by atoms with Gasteiger partial charge in [-0.2, -0.15) is 0 Å². The van der Waals surface area contributed by atoms with E-state index in [1.165, 1.54) is 24.9 Å². The van der Waals surface area contributed by atoms with Crippen LogP contribution in [0.2, 0.25) is 0 Å². The summed E-state index contributed by atoms with van der Waals surface area (Å²) in [7, 11) is 0. The summed E-state index contributed by atoms with van der Waals surface area (Å²) < 4.78 is 7.62. The maximum Gasteiger partial charge on any atom is 0.0945 e. The lowest BCUT2D eigenvalue weighted by molar-refractivity contribution is 0.161. The summed E-state index contributed by atoms with van der Waals surface area (Å²) in [5.41, 5.74) is 1.39. The van der Waals surface area contributed by atoms with Gasteiger partial charge < -0.3 is 10.1 Å². The summed E-state index contributed by atoms with van der Waals surface area (Å²) in [5.74, 6) is 0. The van der Waals surface area contributed by atoms with Crippen molar-refractivity contribution < 1.29 is 4.74 Å². The van der Waals surface area contributed by atoms with Gasteiger partial charge in [-0.05, 0) is 24.9 Å². The molecule has 4 rings (SSSR count). The summed E-state index contributed by atoms with van der Waals surface area (Å²) in [6, 6.07) is 11.8. The number of likely N-dealkylation sites (tertiary alicyclic amines) is 1. The van der Waals surface area contributed by atoms with Gasteiger partial charge in [-0.25, -0.2) is 4.68 Å². The fourth-order valence-corrected chi connectivity index (χ4v) is 3.84. The van der Waals surface area contributed by atoms with E-state index in [1.807, 2.05) is 10.9 Å². The summed E-state index contributed by atoms with van der Waals surface area (Å²) in [6.07, 6.45) is 6.13. The van der Waals surface area contributed by atoms with Gasteiger partial charge in [0, 0.05) is 25.3 Å². The average molecular weight is 327 g/mol. The maximum absolute atomic E-state index is 5.69. The van der Waals surface area contributed by atoms with Crippen LogP contribution in [-0.4, -0.2) is 58.3 Å². The Hall–Kier alpha value is -1.76. The third kappa shape index (κ3) is 3.66. The van der Waals surface area contributed by atoms with Gasteiger partial charge in [0.15, 0.2) is 0 Å². The van der Waals surface area contributed by atoms with Crippen molar-refractivity contribution >= 4 is 0 Å². The van der Waals surface area contributed by atoms with Crippen molar-refractivity contribution in [2.24, 2.45) is 0 Å². The van der Waals surface area contributed by atoms with E-state index in [9.17, 15) is 0 Å². The molecule has 0 radical (unpaired) electrons. The summed E-state index contributed by atoms with van der Waals surface area (Å²) in [6.45, 7) is 4.77. The Morgan fingerprint density at radius 1 is 1.21 bits per heavy atom. The van der Waals surface area contributed by atoms with Gasteiger partial charge in [-0.1, -0.05) is 35.5 Å². The normalized spacial score (nSPS) is 28.2. The van der Waals surface area contributed by atoms with Crippen LogP contribution in [0.1, 0.15) is 24.4 Å². The van der Waals surface area contributed by atoms with E-state index in [4.69, 9.17) is 4.74 Å². The fourth-order valence-electron chi connectivity index (χ4n) is 3.84. The van der Waals surface area contributed by atoms with Crippen molar-refractivity contribution in [3.05, 3.63) is 48.3 Å². The fraction of sp³-hybridized carbons (Fsp3) is 0.556. The van der Waals surface area contributed by atoms with Crippen molar-refractivity contribution in [3.63, 3.8) is 0 Å². The molecule has 6 nitrogen and oxygen atoms in total. The van der Waals surface area contributed by atoms with Crippen molar-refractivity contribution in [3.8, 4) is 0 Å². The number of nitrogens with zero attached hydrogens (tertiary/aromatic N) is 4. The van der Waals surface area contributed by atoms with Crippen LogP contribution in [0.4, 0.5) is 0 Å². The predicted octanol–water partition coefficient (Wildman–Crippen LogP) is 1.47. The molecule has 1 aromatic carbocycles. The second-order valence-electron chi connectivity index (χ2n) is 6.82. The van der Waals surface area contributed by atoms with Gasteiger partial charge in [-0.3, -0.25) is 4.90 Å². The Morgan fingerprint density at radius 3 is 2.96 bits per heavy atom. The molecule has 1 unspecified atom stereocenters. The Bertz CT molecular complexity index is 618. The number of hydrogen-bond acceptors (Lipinski definition) is 5. The molecule has 2 saturated heterocycles. The highest BCUT2D eigenvalue weighted by molar-refractivity contribution is 5.14. The first kappa shape index (κ1) is 15.7. The molecule has 0 spiro atoms. The third-order valence-electron chi connectivity index (χ3n) is 5.04. The number of hydrogen-bond donors (Lipinski definition) is 1. The van der Waals surface area contributed by atoms with Gasteiger partial charge >= 0.3 is 0 Å². The van der Waals surface area contributed by atoms with Gasteiger partial charge in [0.25, 0.3) is 0 Å². The molecule has 2 fully saturated rings. The van der Waals surface area contributed by atoms with Crippen molar-refractivity contribution in [2.75, 3.05) is 26.3 Å². The molecule has 1 N–H and O–H groups in total. The molecule has 0 aliphatic carbocycles. The van der Waals surface area contributed by atoms with E-state index in [0.29, 0.717) is 18.7 Å². The molecular weight excluding hydrogens is 302 g/mol. The molecule has 0 saturated carbocycles. The van der Waals surface area contributed by atoms with Gasteiger partial charge in [0.2, 0.25) is 0 Å².